The third-order valence-electron chi connectivity index (χ3n) is 1.05. The Hall–Kier alpha value is 0.350. The Labute approximate surface area is 43.3 Å². The molecule has 0 unspecified atom stereocenters. The Bertz CT molecular complexity index is 19.4. The second kappa shape index (κ2) is 2.51. The minimum Gasteiger partial charge on any atom is -0.266 e. The minimum absolute atomic E-state index is 1.27. The van der Waals surface area contributed by atoms with E-state index in [1.165, 1.54) is 36.1 Å². The molecule has 0 N–H and O–H groups in total. The van der Waals surface area contributed by atoms with Gasteiger partial charge in [-0.3, -0.25) is 11.8 Å². The lowest BCUT2D eigenvalue weighted by atomic mass is 10.3. The number of rotatable bonds is 0. The van der Waals surface area contributed by atoms with E-state index in [1.807, 2.05) is 0 Å². The van der Waals surface area contributed by atoms with Crippen molar-refractivity contribution in [3.8, 4) is 0 Å². The zero-order valence-electron chi connectivity index (χ0n) is 3.91. The van der Waals surface area contributed by atoms with Crippen LogP contribution in [0.3, 0.4) is 0 Å². The summed E-state index contributed by atoms with van der Waals surface area (Å²) >= 11 is 1.27. The molecule has 6 heavy (non-hydrogen) atoms. The molecule has 0 aromatic rings. The lowest BCUT2D eigenvalue weighted by Gasteiger charge is -2.08. The van der Waals surface area contributed by atoms with Crippen LogP contribution in [0, 0.1) is 6.42 Å². The lowest BCUT2D eigenvalue weighted by molar-refractivity contribution is 0.959. The molecule has 1 aliphatic heterocycles. The largest absolute Gasteiger partial charge is 0.266 e. The van der Waals surface area contributed by atoms with Crippen LogP contribution in [0.4, 0.5) is 0 Å². The molecule has 1 heteroatoms. The van der Waals surface area contributed by atoms with E-state index in [1.54, 1.807) is 0 Å². The van der Waals surface area contributed by atoms with Gasteiger partial charge in [0.25, 0.3) is 0 Å². The summed E-state index contributed by atoms with van der Waals surface area (Å²) in [7, 11) is 0. The molecule has 0 amide bonds. The molecule has 0 spiro atoms. The Morgan fingerprint density at radius 1 is 1.17 bits per heavy atom. The monoisotopic (exact) mass is 103 g/mol. The Morgan fingerprint density at radius 2 is 1.83 bits per heavy atom. The Morgan fingerprint density at radius 3 is 2.00 bits per heavy atom. The SMILES string of the molecule is [CH]1CC[SH2]CC1. The fourth-order valence-corrected chi connectivity index (χ4v) is 1.74. The number of hydrogen-bond acceptors (Lipinski definition) is 0. The molecule has 0 nitrogen and oxygen atoms in total. The fourth-order valence-electron chi connectivity index (χ4n) is 0.678. The Balaban J connectivity index is 2.00. The second-order valence-corrected chi connectivity index (χ2v) is 3.12. The van der Waals surface area contributed by atoms with Crippen molar-refractivity contribution in [1.82, 2.24) is 0 Å². The van der Waals surface area contributed by atoms with Crippen LogP contribution < -0.4 is 0 Å². The molecule has 0 bridgehead atoms. The third kappa shape index (κ3) is 1.21. The highest BCUT2D eigenvalue weighted by Gasteiger charge is 1.93. The van der Waals surface area contributed by atoms with Gasteiger partial charge in [-0.15, -0.1) is 0 Å². The molecular weight excluding hydrogens is 92.1 g/mol. The summed E-state index contributed by atoms with van der Waals surface area (Å²) in [6.07, 6.45) is 5.17. The number of hydrogen-bond donors (Lipinski definition) is 0. The van der Waals surface area contributed by atoms with Crippen LogP contribution in [-0.2, 0) is 0 Å². The molecule has 1 saturated heterocycles. The molecule has 1 radical (unpaired) electrons. The van der Waals surface area contributed by atoms with Crippen LogP contribution in [0.2, 0.25) is 0 Å². The van der Waals surface area contributed by atoms with E-state index in [2.05, 4.69) is 6.42 Å². The third-order valence-corrected chi connectivity index (χ3v) is 2.33. The summed E-state index contributed by atoms with van der Waals surface area (Å²) in [5.74, 6) is 2.94. The maximum atomic E-state index is 2.40. The molecule has 0 aromatic carbocycles. The van der Waals surface area contributed by atoms with Crippen molar-refractivity contribution in [1.29, 1.82) is 0 Å². The maximum absolute atomic E-state index is 2.40. The normalized spacial score (nSPS) is 25.3. The highest BCUT2D eigenvalue weighted by molar-refractivity contribution is 7.99. The van der Waals surface area contributed by atoms with Crippen LogP contribution in [0.1, 0.15) is 12.8 Å². The van der Waals surface area contributed by atoms with Gasteiger partial charge in [0.05, 0.1) is 0 Å². The van der Waals surface area contributed by atoms with Gasteiger partial charge in [0, 0.05) is 0 Å². The van der Waals surface area contributed by atoms with Crippen molar-refractivity contribution in [3.63, 3.8) is 0 Å². The van der Waals surface area contributed by atoms with Crippen LogP contribution in [0.15, 0.2) is 0 Å². The van der Waals surface area contributed by atoms with Gasteiger partial charge in [0.1, 0.15) is 0 Å². The average molecular weight is 103 g/mol. The van der Waals surface area contributed by atoms with E-state index in [4.69, 9.17) is 0 Å². The molecular formula is C5H11S. The van der Waals surface area contributed by atoms with Crippen molar-refractivity contribution in [3.05, 3.63) is 6.42 Å². The van der Waals surface area contributed by atoms with Gasteiger partial charge < -0.3 is 0 Å². The molecule has 1 fully saturated rings. The molecule has 0 aliphatic carbocycles. The maximum Gasteiger partial charge on any atom is -0.0275 e. The predicted molar refractivity (Wildman–Crippen MR) is 33.6 cm³/mol. The van der Waals surface area contributed by atoms with E-state index in [-0.39, 0.29) is 0 Å². The molecule has 0 aromatic heterocycles. The van der Waals surface area contributed by atoms with E-state index >= 15 is 0 Å². The van der Waals surface area contributed by atoms with Crippen molar-refractivity contribution in [2.24, 2.45) is 0 Å². The summed E-state index contributed by atoms with van der Waals surface area (Å²) in [6.45, 7) is 0. The first-order valence-corrected chi connectivity index (χ1v) is 3.94. The molecule has 0 atom stereocenters. The highest BCUT2D eigenvalue weighted by atomic mass is 32.2. The smallest absolute Gasteiger partial charge is 0.0275 e. The van der Waals surface area contributed by atoms with Gasteiger partial charge in [-0.1, -0.05) is 0 Å². The van der Waals surface area contributed by atoms with Gasteiger partial charge in [0.15, 0.2) is 0 Å². The van der Waals surface area contributed by atoms with Gasteiger partial charge in [0.2, 0.25) is 0 Å². The fraction of sp³-hybridized carbons (Fsp3) is 0.800. The van der Waals surface area contributed by atoms with Crippen molar-refractivity contribution < 1.29 is 0 Å². The predicted octanol–water partition coefficient (Wildman–Crippen LogP) is 1.18. The van der Waals surface area contributed by atoms with Crippen LogP contribution in [-0.4, -0.2) is 11.5 Å². The van der Waals surface area contributed by atoms with E-state index in [0.717, 1.165) is 0 Å². The Kier molecular flexibility index (Phi) is 1.89. The van der Waals surface area contributed by atoms with Gasteiger partial charge in [-0.05, 0) is 30.8 Å². The minimum atomic E-state index is 1.27. The van der Waals surface area contributed by atoms with Crippen molar-refractivity contribution in [2.75, 3.05) is 11.5 Å². The van der Waals surface area contributed by atoms with Crippen LogP contribution >= 0.6 is 11.8 Å². The average Bonchev–Trinajstić information content (AvgIpc) is 1.72. The zero-order valence-corrected chi connectivity index (χ0v) is 4.91. The summed E-state index contributed by atoms with van der Waals surface area (Å²) in [6, 6.07) is 0. The summed E-state index contributed by atoms with van der Waals surface area (Å²) in [5, 5.41) is 0. The van der Waals surface area contributed by atoms with Crippen LogP contribution in [0.25, 0.3) is 0 Å². The molecule has 0 saturated carbocycles. The molecule has 1 aliphatic rings. The van der Waals surface area contributed by atoms with Gasteiger partial charge >= 0.3 is 0 Å². The van der Waals surface area contributed by atoms with Gasteiger partial charge in [-0.25, -0.2) is 0 Å². The molecule has 1 heterocycles. The summed E-state index contributed by atoms with van der Waals surface area (Å²) in [4.78, 5) is 0. The zero-order chi connectivity index (χ0) is 4.24. The lowest BCUT2D eigenvalue weighted by Crippen LogP contribution is -1.92. The van der Waals surface area contributed by atoms with Crippen molar-refractivity contribution >= 4 is 11.8 Å². The molecule has 37 valence electrons. The van der Waals surface area contributed by atoms with Crippen molar-refractivity contribution in [2.45, 2.75) is 12.8 Å². The summed E-state index contributed by atoms with van der Waals surface area (Å²) in [5.41, 5.74) is 0. The second-order valence-electron chi connectivity index (χ2n) is 1.62. The summed E-state index contributed by atoms with van der Waals surface area (Å²) < 4.78 is 0. The highest BCUT2D eigenvalue weighted by Crippen LogP contribution is 2.13. The molecule has 1 rings (SSSR count). The van der Waals surface area contributed by atoms with E-state index < -0.39 is 0 Å². The topological polar surface area (TPSA) is 0 Å². The van der Waals surface area contributed by atoms with E-state index in [0.29, 0.717) is 0 Å². The van der Waals surface area contributed by atoms with E-state index in [9.17, 15) is 0 Å². The quantitative estimate of drug-likeness (QED) is 0.432. The van der Waals surface area contributed by atoms with Gasteiger partial charge in [-0.2, -0.15) is 0 Å². The first kappa shape index (κ1) is 4.51. The first-order chi connectivity index (χ1) is 3.00. The standard InChI is InChI=1S/C5H11S/c1-2-4-6-5-3-1/h1H,2-6H2. The first-order valence-electron chi connectivity index (χ1n) is 2.52. The van der Waals surface area contributed by atoms with Crippen LogP contribution in [0.5, 0.6) is 0 Å².